The van der Waals surface area contributed by atoms with E-state index in [1.165, 1.54) is 51.4 Å². The van der Waals surface area contributed by atoms with Crippen LogP contribution in [0.25, 0.3) is 0 Å². The van der Waals surface area contributed by atoms with Gasteiger partial charge in [-0.2, -0.15) is 0 Å². The molecule has 0 bridgehead atoms. The number of phosphoric ester groups is 1. The van der Waals surface area contributed by atoms with Crippen LogP contribution in [0.5, 0.6) is 0 Å². The average molecular weight is 545 g/mol. The Balaban J connectivity index is 2.65. The summed E-state index contributed by atoms with van der Waals surface area (Å²) < 4.78 is 29.4. The Morgan fingerprint density at radius 2 is 1.43 bits per heavy atom. The molecule has 1 aliphatic rings. The predicted octanol–water partition coefficient (Wildman–Crippen LogP) is 7.49. The smallest absolute Gasteiger partial charge is 0.462 e. The molecule has 1 unspecified atom stereocenters. The number of hydrogen-bond donors (Lipinski definition) is 1. The van der Waals surface area contributed by atoms with Crippen LogP contribution in [0.3, 0.4) is 0 Å². The standard InChI is InChI=1S/C29H54NO6P/c1-27-22-20-18-16-14-12-10-8-6-5-7-9-11-13-15-17-19-21-23-28(26-29(31)35-27)36-37(32,33)34-25-24-30(2,3)4/h10,12,18,20,27-28H,5-9,11,13-17,19,21-26H2,1-4H3/p+1/b12-10+,20-18+/t27-,28+/m1/s1. The maximum Gasteiger partial charge on any atom is 0.472 e. The van der Waals surface area contributed by atoms with Crippen molar-refractivity contribution in [3.63, 3.8) is 0 Å². The SMILES string of the molecule is C[C@@H]1C/C=C/CC/C=C/CCCCCCCCCCCC[C@H](OP(=O)(O)OCC[N+](C)(C)C)CC(=O)O1. The van der Waals surface area contributed by atoms with E-state index in [4.69, 9.17) is 13.8 Å². The second-order valence-corrected chi connectivity index (χ2v) is 12.8. The Labute approximate surface area is 226 Å². The molecule has 0 saturated carbocycles. The molecule has 0 radical (unpaired) electrons. The first-order valence-electron chi connectivity index (χ1n) is 14.5. The van der Waals surface area contributed by atoms with Crippen molar-refractivity contribution in [1.82, 2.24) is 0 Å². The number of carbonyl (C=O) groups is 1. The molecule has 0 aromatic carbocycles. The van der Waals surface area contributed by atoms with Crippen LogP contribution in [0.2, 0.25) is 0 Å². The van der Waals surface area contributed by atoms with Crippen LogP contribution in [0, 0.1) is 0 Å². The molecule has 0 saturated heterocycles. The highest BCUT2D eigenvalue weighted by Crippen LogP contribution is 2.45. The molecule has 37 heavy (non-hydrogen) atoms. The van der Waals surface area contributed by atoms with Gasteiger partial charge in [-0.25, -0.2) is 4.57 Å². The first kappa shape index (κ1) is 34.0. The highest BCUT2D eigenvalue weighted by Gasteiger charge is 2.29. The van der Waals surface area contributed by atoms with Gasteiger partial charge < -0.3 is 14.1 Å². The van der Waals surface area contributed by atoms with Crippen LogP contribution in [0.4, 0.5) is 0 Å². The van der Waals surface area contributed by atoms with E-state index in [1.807, 2.05) is 28.1 Å². The molecule has 0 amide bonds. The number of ether oxygens (including phenoxy) is 1. The van der Waals surface area contributed by atoms with Crippen molar-refractivity contribution in [1.29, 1.82) is 0 Å². The van der Waals surface area contributed by atoms with Crippen molar-refractivity contribution in [2.45, 2.75) is 122 Å². The summed E-state index contributed by atoms with van der Waals surface area (Å²) >= 11 is 0. The van der Waals surface area contributed by atoms with Crippen LogP contribution in [-0.2, 0) is 23.1 Å². The largest absolute Gasteiger partial charge is 0.472 e. The van der Waals surface area contributed by atoms with E-state index in [-0.39, 0.29) is 19.1 Å². The van der Waals surface area contributed by atoms with E-state index in [2.05, 4.69) is 24.3 Å². The van der Waals surface area contributed by atoms with E-state index >= 15 is 0 Å². The van der Waals surface area contributed by atoms with Crippen molar-refractivity contribution < 1.29 is 32.5 Å². The second kappa shape index (κ2) is 20.0. The highest BCUT2D eigenvalue weighted by atomic mass is 31.2. The van der Waals surface area contributed by atoms with E-state index < -0.39 is 19.9 Å². The molecular formula is C29H55NO6P+. The fraction of sp³-hybridized carbons (Fsp3) is 0.828. The molecule has 0 fully saturated rings. The lowest BCUT2D eigenvalue weighted by atomic mass is 10.0. The monoisotopic (exact) mass is 544 g/mol. The number of likely N-dealkylation sites (N-methyl/N-ethyl adjacent to an activating group) is 1. The maximum atomic E-state index is 12.6. The van der Waals surface area contributed by atoms with Crippen molar-refractivity contribution in [2.75, 3.05) is 34.3 Å². The number of cyclic esters (lactones) is 1. The lowest BCUT2D eigenvalue weighted by Crippen LogP contribution is -2.37. The Morgan fingerprint density at radius 3 is 2.05 bits per heavy atom. The summed E-state index contributed by atoms with van der Waals surface area (Å²) in [5.74, 6) is -0.408. The summed E-state index contributed by atoms with van der Waals surface area (Å²) in [6, 6.07) is 0. The van der Waals surface area contributed by atoms with Gasteiger partial charge in [0.05, 0.1) is 33.7 Å². The Hall–Kier alpha value is -0.980. The summed E-state index contributed by atoms with van der Waals surface area (Å²) in [6.45, 7) is 2.54. The van der Waals surface area contributed by atoms with Crippen LogP contribution in [0.1, 0.15) is 110 Å². The summed E-state index contributed by atoms with van der Waals surface area (Å²) in [5, 5.41) is 0. The number of carbonyl (C=O) groups excluding carboxylic acids is 1. The molecule has 1 heterocycles. The highest BCUT2D eigenvalue weighted by molar-refractivity contribution is 7.47. The van der Waals surface area contributed by atoms with Gasteiger partial charge in [0.15, 0.2) is 0 Å². The fourth-order valence-electron chi connectivity index (χ4n) is 4.23. The van der Waals surface area contributed by atoms with Crippen LogP contribution >= 0.6 is 7.82 Å². The van der Waals surface area contributed by atoms with Crippen molar-refractivity contribution in [3.05, 3.63) is 24.3 Å². The molecule has 216 valence electrons. The molecular weight excluding hydrogens is 489 g/mol. The van der Waals surface area contributed by atoms with Gasteiger partial charge in [0.25, 0.3) is 0 Å². The molecule has 1 N–H and O–H groups in total. The second-order valence-electron chi connectivity index (χ2n) is 11.4. The zero-order valence-corrected chi connectivity index (χ0v) is 25.0. The average Bonchev–Trinajstić information content (AvgIpc) is 2.78. The quantitative estimate of drug-likeness (QED) is 0.161. The first-order valence-corrected chi connectivity index (χ1v) is 16.0. The number of quaternary nitrogens is 1. The molecule has 0 aromatic heterocycles. The van der Waals surface area contributed by atoms with E-state index in [9.17, 15) is 14.3 Å². The first-order chi connectivity index (χ1) is 17.6. The van der Waals surface area contributed by atoms with Crippen molar-refractivity contribution in [2.24, 2.45) is 0 Å². The van der Waals surface area contributed by atoms with Gasteiger partial charge in [-0.15, -0.1) is 0 Å². The lowest BCUT2D eigenvalue weighted by molar-refractivity contribution is -0.870. The summed E-state index contributed by atoms with van der Waals surface area (Å²) in [6.07, 6.45) is 24.0. The lowest BCUT2D eigenvalue weighted by Gasteiger charge is -2.25. The molecule has 1 aliphatic heterocycles. The number of nitrogens with zero attached hydrogens (tertiary/aromatic N) is 1. The summed E-state index contributed by atoms with van der Waals surface area (Å²) in [4.78, 5) is 22.9. The van der Waals surface area contributed by atoms with Gasteiger partial charge in [-0.3, -0.25) is 13.8 Å². The molecule has 0 aliphatic carbocycles. The Morgan fingerprint density at radius 1 is 0.892 bits per heavy atom. The summed E-state index contributed by atoms with van der Waals surface area (Å²) in [7, 11) is 1.68. The number of hydrogen-bond acceptors (Lipinski definition) is 5. The number of phosphoric acid groups is 1. The topological polar surface area (TPSA) is 82.1 Å². The van der Waals surface area contributed by atoms with E-state index in [0.717, 1.165) is 32.1 Å². The zero-order chi connectivity index (χ0) is 27.4. The minimum atomic E-state index is -4.26. The molecule has 8 heteroatoms. The Kier molecular flexibility index (Phi) is 18.4. The molecule has 1 rings (SSSR count). The van der Waals surface area contributed by atoms with Gasteiger partial charge in [0, 0.05) is 6.42 Å². The van der Waals surface area contributed by atoms with E-state index in [0.29, 0.717) is 23.9 Å². The normalized spacial score (nSPS) is 26.8. The third-order valence-corrected chi connectivity index (χ3v) is 7.55. The van der Waals surface area contributed by atoms with Gasteiger partial charge in [0.1, 0.15) is 19.3 Å². The number of rotatable bonds is 6. The molecule has 0 aromatic rings. The molecule has 3 atom stereocenters. The van der Waals surface area contributed by atoms with Gasteiger partial charge in [-0.1, -0.05) is 82.1 Å². The minimum Gasteiger partial charge on any atom is -0.462 e. The van der Waals surface area contributed by atoms with Crippen molar-refractivity contribution in [3.8, 4) is 0 Å². The van der Waals surface area contributed by atoms with Gasteiger partial charge in [0.2, 0.25) is 0 Å². The number of allylic oxidation sites excluding steroid dienone is 3. The van der Waals surface area contributed by atoms with Crippen LogP contribution in [0.15, 0.2) is 24.3 Å². The Bertz CT molecular complexity index is 703. The summed E-state index contributed by atoms with van der Waals surface area (Å²) in [5.41, 5.74) is 0. The minimum absolute atomic E-state index is 0.0535. The fourth-order valence-corrected chi connectivity index (χ4v) is 5.16. The molecule has 0 spiro atoms. The van der Waals surface area contributed by atoms with Crippen LogP contribution in [-0.4, -0.2) is 61.8 Å². The van der Waals surface area contributed by atoms with Gasteiger partial charge >= 0.3 is 13.8 Å². The third-order valence-electron chi connectivity index (χ3n) is 6.47. The van der Waals surface area contributed by atoms with Gasteiger partial charge in [-0.05, 0) is 39.0 Å². The van der Waals surface area contributed by atoms with E-state index in [1.54, 1.807) is 0 Å². The van der Waals surface area contributed by atoms with Crippen LogP contribution < -0.4 is 0 Å². The zero-order valence-electron chi connectivity index (χ0n) is 24.1. The van der Waals surface area contributed by atoms with Crippen molar-refractivity contribution >= 4 is 13.8 Å². The maximum absolute atomic E-state index is 12.6. The molecule has 7 nitrogen and oxygen atoms in total. The third kappa shape index (κ3) is 21.6. The predicted molar refractivity (Wildman–Crippen MR) is 151 cm³/mol. The number of esters is 1.